The van der Waals surface area contributed by atoms with E-state index in [0.717, 1.165) is 39.0 Å². The van der Waals surface area contributed by atoms with E-state index < -0.39 is 6.04 Å². The average molecular weight is 496 g/mol. The number of aromatic nitrogens is 1. The van der Waals surface area contributed by atoms with Crippen LogP contribution in [0.5, 0.6) is 5.75 Å². The molecule has 2 aliphatic rings. The Hall–Kier alpha value is -4.10. The molecule has 0 radical (unpaired) electrons. The Morgan fingerprint density at radius 1 is 1.00 bits per heavy atom. The van der Waals surface area contributed by atoms with E-state index in [0.29, 0.717) is 31.9 Å². The zero-order valence-electron chi connectivity index (χ0n) is 21.0. The lowest BCUT2D eigenvalue weighted by molar-refractivity contribution is -0.136. The van der Waals surface area contributed by atoms with Gasteiger partial charge in [0.25, 0.3) is 5.91 Å². The minimum absolute atomic E-state index is 0.0128. The van der Waals surface area contributed by atoms with Crippen LogP contribution in [-0.4, -0.2) is 66.1 Å². The second kappa shape index (κ2) is 9.41. The predicted molar refractivity (Wildman–Crippen MR) is 142 cm³/mol. The number of para-hydroxylation sites is 1. The zero-order valence-corrected chi connectivity index (χ0v) is 21.0. The third-order valence-electron chi connectivity index (χ3n) is 7.49. The number of hydrogen-bond acceptors (Lipinski definition) is 4. The second-order valence-electron chi connectivity index (χ2n) is 9.49. The highest BCUT2D eigenvalue weighted by atomic mass is 16.5. The molecule has 7 nitrogen and oxygen atoms in total. The molecule has 3 heterocycles. The summed E-state index contributed by atoms with van der Waals surface area (Å²) in [5, 5.41) is 1.06. The quantitative estimate of drug-likeness (QED) is 0.415. The van der Waals surface area contributed by atoms with Gasteiger partial charge in [-0.1, -0.05) is 48.5 Å². The standard InChI is InChI=1S/C30H29N3O4/c1-31-25-13-6-5-12-24(25)27(28(31)20-8-7-9-21(18-20)36-2)29-22-10-3-4-11-23(22)30(35)33(29)19-26(34)32-14-16-37-17-15-32/h3-13,18,29H,14-17,19H2,1-2H3. The van der Waals surface area contributed by atoms with Gasteiger partial charge in [-0.05, 0) is 29.8 Å². The second-order valence-corrected chi connectivity index (χ2v) is 9.49. The summed E-state index contributed by atoms with van der Waals surface area (Å²) in [6, 6.07) is 23.5. The Morgan fingerprint density at radius 2 is 1.76 bits per heavy atom. The number of benzene rings is 3. The van der Waals surface area contributed by atoms with Gasteiger partial charge in [-0.25, -0.2) is 0 Å². The number of rotatable bonds is 5. The van der Waals surface area contributed by atoms with Crippen molar-refractivity contribution in [2.45, 2.75) is 6.04 Å². The highest BCUT2D eigenvalue weighted by molar-refractivity contribution is 6.03. The lowest BCUT2D eigenvalue weighted by Gasteiger charge is -2.31. The number of amides is 2. The highest BCUT2D eigenvalue weighted by Crippen LogP contribution is 2.46. The van der Waals surface area contributed by atoms with Crippen molar-refractivity contribution in [2.24, 2.45) is 7.05 Å². The molecular formula is C30H29N3O4. The number of aryl methyl sites for hydroxylation is 1. The number of carbonyl (C=O) groups excluding carboxylic acids is 2. The van der Waals surface area contributed by atoms with Crippen molar-refractivity contribution in [1.82, 2.24) is 14.4 Å². The number of nitrogens with zero attached hydrogens (tertiary/aromatic N) is 3. The van der Waals surface area contributed by atoms with Gasteiger partial charge in [0.15, 0.2) is 0 Å². The maximum absolute atomic E-state index is 13.8. The summed E-state index contributed by atoms with van der Waals surface area (Å²) >= 11 is 0. The van der Waals surface area contributed by atoms with Crippen LogP contribution in [0, 0.1) is 0 Å². The average Bonchev–Trinajstić information content (AvgIpc) is 3.39. The van der Waals surface area contributed by atoms with Crippen LogP contribution >= 0.6 is 0 Å². The molecule has 6 rings (SSSR count). The van der Waals surface area contributed by atoms with Crippen LogP contribution in [0.15, 0.2) is 72.8 Å². The number of carbonyl (C=O) groups is 2. The van der Waals surface area contributed by atoms with Crippen LogP contribution in [0.1, 0.15) is 27.5 Å². The molecule has 0 aliphatic carbocycles. The molecule has 188 valence electrons. The maximum Gasteiger partial charge on any atom is 0.255 e. The molecular weight excluding hydrogens is 466 g/mol. The Labute approximate surface area is 215 Å². The van der Waals surface area contributed by atoms with Crippen molar-refractivity contribution in [3.05, 3.63) is 89.5 Å². The van der Waals surface area contributed by atoms with Crippen LogP contribution in [0.25, 0.3) is 22.2 Å². The van der Waals surface area contributed by atoms with Crippen molar-refractivity contribution < 1.29 is 19.1 Å². The van der Waals surface area contributed by atoms with E-state index in [4.69, 9.17) is 9.47 Å². The molecule has 0 bridgehead atoms. The largest absolute Gasteiger partial charge is 0.497 e. The molecule has 2 amide bonds. The molecule has 7 heteroatoms. The van der Waals surface area contributed by atoms with Gasteiger partial charge >= 0.3 is 0 Å². The predicted octanol–water partition coefficient (Wildman–Crippen LogP) is 4.26. The first-order chi connectivity index (χ1) is 18.1. The van der Waals surface area contributed by atoms with E-state index >= 15 is 0 Å². The number of methoxy groups -OCH3 is 1. The fraction of sp³-hybridized carbons (Fsp3) is 0.267. The summed E-state index contributed by atoms with van der Waals surface area (Å²) in [5.41, 5.74) is 5.63. The Bertz CT molecular complexity index is 1500. The molecule has 3 aromatic carbocycles. The maximum atomic E-state index is 13.8. The van der Waals surface area contributed by atoms with Gasteiger partial charge in [-0.2, -0.15) is 0 Å². The molecule has 2 aliphatic heterocycles. The SMILES string of the molecule is COc1cccc(-c2c(C3c4ccccc4C(=O)N3CC(=O)N3CCOCC3)c3ccccc3n2C)c1. The van der Waals surface area contributed by atoms with Crippen molar-refractivity contribution in [3.63, 3.8) is 0 Å². The smallest absolute Gasteiger partial charge is 0.255 e. The van der Waals surface area contributed by atoms with Crippen LogP contribution in [-0.2, 0) is 16.6 Å². The number of ether oxygens (including phenoxy) is 2. The molecule has 0 spiro atoms. The van der Waals surface area contributed by atoms with Gasteiger partial charge in [0, 0.05) is 47.7 Å². The third-order valence-corrected chi connectivity index (χ3v) is 7.49. The first-order valence-electron chi connectivity index (χ1n) is 12.6. The molecule has 1 aromatic heterocycles. The van der Waals surface area contributed by atoms with Gasteiger partial charge in [0.2, 0.25) is 5.91 Å². The van der Waals surface area contributed by atoms with Crippen molar-refractivity contribution in [1.29, 1.82) is 0 Å². The minimum atomic E-state index is -0.402. The summed E-state index contributed by atoms with van der Waals surface area (Å²) in [6.45, 7) is 2.14. The molecule has 1 unspecified atom stereocenters. The van der Waals surface area contributed by atoms with Crippen LogP contribution in [0.4, 0.5) is 0 Å². The third kappa shape index (κ3) is 3.86. The van der Waals surface area contributed by atoms with E-state index in [2.05, 4.69) is 22.8 Å². The monoisotopic (exact) mass is 495 g/mol. The Balaban J connectivity index is 1.55. The zero-order chi connectivity index (χ0) is 25.5. The minimum Gasteiger partial charge on any atom is -0.497 e. The summed E-state index contributed by atoms with van der Waals surface area (Å²) in [7, 11) is 3.71. The van der Waals surface area contributed by atoms with Gasteiger partial charge in [-0.15, -0.1) is 0 Å². The van der Waals surface area contributed by atoms with Crippen LogP contribution < -0.4 is 4.74 Å². The topological polar surface area (TPSA) is 64.0 Å². The number of hydrogen-bond donors (Lipinski definition) is 0. The van der Waals surface area contributed by atoms with E-state index in [9.17, 15) is 9.59 Å². The molecule has 1 atom stereocenters. The first kappa shape index (κ1) is 23.3. The van der Waals surface area contributed by atoms with Crippen LogP contribution in [0.2, 0.25) is 0 Å². The Kier molecular flexibility index (Phi) is 5.93. The molecule has 1 saturated heterocycles. The van der Waals surface area contributed by atoms with Crippen molar-refractivity contribution in [2.75, 3.05) is 40.0 Å². The fourth-order valence-corrected chi connectivity index (χ4v) is 5.72. The van der Waals surface area contributed by atoms with E-state index in [-0.39, 0.29) is 18.4 Å². The molecule has 0 N–H and O–H groups in total. The van der Waals surface area contributed by atoms with Crippen molar-refractivity contribution >= 4 is 22.7 Å². The first-order valence-corrected chi connectivity index (χ1v) is 12.6. The molecule has 37 heavy (non-hydrogen) atoms. The van der Waals surface area contributed by atoms with Crippen LogP contribution in [0.3, 0.4) is 0 Å². The molecule has 1 fully saturated rings. The highest BCUT2D eigenvalue weighted by Gasteiger charge is 2.42. The summed E-state index contributed by atoms with van der Waals surface area (Å²) in [6.07, 6.45) is 0. The molecule has 0 saturated carbocycles. The Morgan fingerprint density at radius 3 is 2.57 bits per heavy atom. The van der Waals surface area contributed by atoms with Gasteiger partial charge < -0.3 is 23.8 Å². The van der Waals surface area contributed by atoms with E-state index in [1.54, 1.807) is 16.9 Å². The molecule has 4 aromatic rings. The van der Waals surface area contributed by atoms with Gasteiger partial charge in [0.05, 0.1) is 32.1 Å². The van der Waals surface area contributed by atoms with E-state index in [1.807, 2.05) is 61.6 Å². The van der Waals surface area contributed by atoms with E-state index in [1.165, 1.54) is 0 Å². The summed E-state index contributed by atoms with van der Waals surface area (Å²) in [5.74, 6) is 0.584. The summed E-state index contributed by atoms with van der Waals surface area (Å²) in [4.78, 5) is 30.7. The lowest BCUT2D eigenvalue weighted by atomic mass is 9.93. The van der Waals surface area contributed by atoms with Gasteiger partial charge in [-0.3, -0.25) is 9.59 Å². The van der Waals surface area contributed by atoms with Gasteiger partial charge in [0.1, 0.15) is 12.3 Å². The van der Waals surface area contributed by atoms with Crippen molar-refractivity contribution in [3.8, 4) is 17.0 Å². The fourth-order valence-electron chi connectivity index (χ4n) is 5.72. The number of fused-ring (bicyclic) bond motifs is 2. The summed E-state index contributed by atoms with van der Waals surface area (Å²) < 4.78 is 13.1. The number of morpholine rings is 1. The normalized spacial score (nSPS) is 17.4. The lowest BCUT2D eigenvalue weighted by Crippen LogP contribution is -2.46.